The highest BCUT2D eigenvalue weighted by molar-refractivity contribution is 5.89. The third-order valence-corrected chi connectivity index (χ3v) is 3.37. The summed E-state index contributed by atoms with van der Waals surface area (Å²) in [4.78, 5) is 13.4. The number of ether oxygens (including phenoxy) is 2. The summed E-state index contributed by atoms with van der Waals surface area (Å²) in [6.45, 7) is 5.60. The van der Waals surface area contributed by atoms with E-state index in [4.69, 9.17) is 14.6 Å². The molecular weight excluding hydrogens is 258 g/mol. The van der Waals surface area contributed by atoms with Crippen molar-refractivity contribution in [3.63, 3.8) is 0 Å². The topological polar surface area (TPSA) is 59.0 Å². The van der Waals surface area contributed by atoms with Crippen molar-refractivity contribution in [1.29, 1.82) is 0 Å². The first-order valence-electron chi connectivity index (χ1n) is 6.96. The first-order valence-corrected chi connectivity index (χ1v) is 6.96. The molecule has 0 spiro atoms. The van der Waals surface area contributed by atoms with Crippen molar-refractivity contribution in [3.8, 4) is 0 Å². The van der Waals surface area contributed by atoms with Crippen molar-refractivity contribution in [1.82, 2.24) is 4.90 Å². The molecule has 1 aliphatic heterocycles. The number of nitrogens with zero attached hydrogens (tertiary/aromatic N) is 1. The van der Waals surface area contributed by atoms with Gasteiger partial charge in [-0.15, -0.1) is 0 Å². The molecule has 0 bridgehead atoms. The largest absolute Gasteiger partial charge is 0.478 e. The van der Waals surface area contributed by atoms with Crippen molar-refractivity contribution >= 4 is 5.97 Å². The Kier molecular flexibility index (Phi) is 5.98. The molecule has 2 rings (SSSR count). The van der Waals surface area contributed by atoms with E-state index in [0.29, 0.717) is 18.8 Å². The molecule has 0 saturated carbocycles. The summed E-state index contributed by atoms with van der Waals surface area (Å²) in [6, 6.07) is 6.96. The number of aromatic carboxylic acids is 1. The predicted molar refractivity (Wildman–Crippen MR) is 74.9 cm³/mol. The molecule has 5 nitrogen and oxygen atoms in total. The van der Waals surface area contributed by atoms with Gasteiger partial charge in [-0.1, -0.05) is 18.2 Å². The van der Waals surface area contributed by atoms with E-state index in [1.807, 2.05) is 6.07 Å². The van der Waals surface area contributed by atoms with Crippen molar-refractivity contribution in [3.05, 3.63) is 35.4 Å². The van der Waals surface area contributed by atoms with Gasteiger partial charge in [-0.25, -0.2) is 4.79 Å². The van der Waals surface area contributed by atoms with Gasteiger partial charge in [0.2, 0.25) is 0 Å². The van der Waals surface area contributed by atoms with Gasteiger partial charge in [0.1, 0.15) is 0 Å². The second-order valence-electron chi connectivity index (χ2n) is 4.82. The first-order chi connectivity index (χ1) is 9.77. The fourth-order valence-electron chi connectivity index (χ4n) is 2.25. The number of hydrogen-bond donors (Lipinski definition) is 1. The first kappa shape index (κ1) is 15.0. The number of carboxylic acid groups (broad SMARTS) is 1. The van der Waals surface area contributed by atoms with Crippen LogP contribution < -0.4 is 0 Å². The Bertz CT molecular complexity index is 430. The lowest BCUT2D eigenvalue weighted by molar-refractivity contribution is 0.0309. The van der Waals surface area contributed by atoms with Crippen molar-refractivity contribution in [2.45, 2.75) is 13.0 Å². The molecule has 1 N–H and O–H groups in total. The third-order valence-electron chi connectivity index (χ3n) is 3.37. The van der Waals surface area contributed by atoms with E-state index in [1.54, 1.807) is 18.2 Å². The second kappa shape index (κ2) is 7.99. The fourth-order valence-corrected chi connectivity index (χ4v) is 2.25. The van der Waals surface area contributed by atoms with Crippen LogP contribution in [-0.4, -0.2) is 55.4 Å². The molecule has 1 aromatic carbocycles. The summed E-state index contributed by atoms with van der Waals surface area (Å²) in [5.41, 5.74) is 1.05. The summed E-state index contributed by atoms with van der Waals surface area (Å²) in [5.74, 6) is -0.905. The van der Waals surface area contributed by atoms with Gasteiger partial charge in [0.25, 0.3) is 0 Å². The second-order valence-corrected chi connectivity index (χ2v) is 4.82. The summed E-state index contributed by atoms with van der Waals surface area (Å²) in [6.07, 6.45) is 0.954. The zero-order chi connectivity index (χ0) is 14.2. The number of benzene rings is 1. The van der Waals surface area contributed by atoms with E-state index in [1.165, 1.54) is 0 Å². The summed E-state index contributed by atoms with van der Waals surface area (Å²) in [7, 11) is 0. The minimum atomic E-state index is -0.905. The lowest BCUT2D eigenvalue weighted by Gasteiger charge is -2.26. The smallest absolute Gasteiger partial charge is 0.336 e. The summed E-state index contributed by atoms with van der Waals surface area (Å²) in [5, 5.41) is 9.06. The molecular formula is C15H21NO4. The summed E-state index contributed by atoms with van der Waals surface area (Å²) < 4.78 is 10.9. The van der Waals surface area contributed by atoms with E-state index in [0.717, 1.165) is 44.8 Å². The molecule has 0 amide bonds. The van der Waals surface area contributed by atoms with E-state index in [2.05, 4.69) is 4.90 Å². The van der Waals surface area contributed by atoms with E-state index >= 15 is 0 Å². The predicted octanol–water partition coefficient (Wildman–Crippen LogP) is 1.62. The highest BCUT2D eigenvalue weighted by Crippen LogP contribution is 2.10. The lowest BCUT2D eigenvalue weighted by Crippen LogP contribution is -2.37. The number of morpholine rings is 1. The van der Waals surface area contributed by atoms with Crippen LogP contribution in [0.4, 0.5) is 0 Å². The highest BCUT2D eigenvalue weighted by Gasteiger charge is 2.10. The average molecular weight is 279 g/mol. The van der Waals surface area contributed by atoms with Gasteiger partial charge in [-0.05, 0) is 18.1 Å². The Labute approximate surface area is 119 Å². The van der Waals surface area contributed by atoms with Gasteiger partial charge in [0.05, 0.1) is 25.4 Å². The normalized spacial score (nSPS) is 16.2. The van der Waals surface area contributed by atoms with E-state index in [9.17, 15) is 4.79 Å². The molecule has 0 unspecified atom stereocenters. The Balaban J connectivity index is 1.67. The summed E-state index contributed by atoms with van der Waals surface area (Å²) >= 11 is 0. The molecule has 1 heterocycles. The molecule has 1 aliphatic rings. The van der Waals surface area contributed by atoms with Gasteiger partial charge < -0.3 is 14.6 Å². The minimum Gasteiger partial charge on any atom is -0.478 e. The van der Waals surface area contributed by atoms with Gasteiger partial charge in [0.15, 0.2) is 0 Å². The SMILES string of the molecule is O=C(O)c1ccccc1COCCCN1CCOCC1. The van der Waals surface area contributed by atoms with E-state index in [-0.39, 0.29) is 0 Å². The number of hydrogen-bond acceptors (Lipinski definition) is 4. The molecule has 0 aliphatic carbocycles. The van der Waals surface area contributed by atoms with Crippen LogP contribution in [0.1, 0.15) is 22.3 Å². The van der Waals surface area contributed by atoms with Gasteiger partial charge >= 0.3 is 5.97 Å². The van der Waals surface area contributed by atoms with Crippen LogP contribution >= 0.6 is 0 Å². The Morgan fingerprint density at radius 1 is 1.30 bits per heavy atom. The van der Waals surface area contributed by atoms with Gasteiger partial charge in [0, 0.05) is 26.2 Å². The zero-order valence-electron chi connectivity index (χ0n) is 11.6. The molecule has 0 radical (unpaired) electrons. The van der Waals surface area contributed by atoms with Crippen molar-refractivity contribution in [2.24, 2.45) is 0 Å². The molecule has 0 aromatic heterocycles. The lowest BCUT2D eigenvalue weighted by atomic mass is 10.1. The quantitative estimate of drug-likeness (QED) is 0.769. The van der Waals surface area contributed by atoms with E-state index < -0.39 is 5.97 Å². The average Bonchev–Trinajstić information content (AvgIpc) is 2.48. The number of carboxylic acids is 1. The van der Waals surface area contributed by atoms with Crippen LogP contribution in [0.3, 0.4) is 0 Å². The molecule has 5 heteroatoms. The van der Waals surface area contributed by atoms with Crippen LogP contribution in [0.15, 0.2) is 24.3 Å². The maximum atomic E-state index is 11.0. The standard InChI is InChI=1S/C15H21NO4/c17-15(18)14-5-2-1-4-13(14)12-20-9-3-6-16-7-10-19-11-8-16/h1-2,4-5H,3,6-12H2,(H,17,18). The maximum absolute atomic E-state index is 11.0. The molecule has 1 aromatic rings. The minimum absolute atomic E-state index is 0.320. The Morgan fingerprint density at radius 3 is 2.80 bits per heavy atom. The number of rotatable bonds is 7. The molecule has 1 fully saturated rings. The van der Waals surface area contributed by atoms with Crippen molar-refractivity contribution < 1.29 is 19.4 Å². The van der Waals surface area contributed by atoms with Crippen LogP contribution in [0, 0.1) is 0 Å². The Hall–Kier alpha value is -1.43. The Morgan fingerprint density at radius 2 is 2.05 bits per heavy atom. The van der Waals surface area contributed by atoms with Crippen LogP contribution in [0.5, 0.6) is 0 Å². The van der Waals surface area contributed by atoms with Gasteiger partial charge in [-0.2, -0.15) is 0 Å². The molecule has 20 heavy (non-hydrogen) atoms. The zero-order valence-corrected chi connectivity index (χ0v) is 11.6. The monoisotopic (exact) mass is 279 g/mol. The fraction of sp³-hybridized carbons (Fsp3) is 0.533. The highest BCUT2D eigenvalue weighted by atomic mass is 16.5. The van der Waals surface area contributed by atoms with Crippen LogP contribution in [0.2, 0.25) is 0 Å². The van der Waals surface area contributed by atoms with Crippen LogP contribution in [0.25, 0.3) is 0 Å². The van der Waals surface area contributed by atoms with Crippen LogP contribution in [-0.2, 0) is 16.1 Å². The molecule has 1 saturated heterocycles. The molecule has 110 valence electrons. The van der Waals surface area contributed by atoms with Gasteiger partial charge in [-0.3, -0.25) is 4.90 Å². The maximum Gasteiger partial charge on any atom is 0.336 e. The third kappa shape index (κ3) is 4.59. The molecule has 0 atom stereocenters. The number of carbonyl (C=O) groups is 1. The van der Waals surface area contributed by atoms with Crippen molar-refractivity contribution in [2.75, 3.05) is 39.5 Å².